The summed E-state index contributed by atoms with van der Waals surface area (Å²) in [5.74, 6) is 2.94. The van der Waals surface area contributed by atoms with Crippen LogP contribution in [0, 0.1) is 34.5 Å². The van der Waals surface area contributed by atoms with Crippen LogP contribution in [0.2, 0.25) is 0 Å². The van der Waals surface area contributed by atoms with Gasteiger partial charge in [0.15, 0.2) is 0 Å². The van der Waals surface area contributed by atoms with Crippen molar-refractivity contribution < 1.29 is 10.2 Å². The van der Waals surface area contributed by atoms with E-state index in [0.717, 1.165) is 37.0 Å². The Balaban J connectivity index is 1.63. The predicted molar refractivity (Wildman–Crippen MR) is 92.9 cm³/mol. The molecule has 0 bridgehead atoms. The minimum atomic E-state index is -0.0581. The molecule has 0 saturated heterocycles. The Morgan fingerprint density at radius 2 is 1.78 bits per heavy atom. The first kappa shape index (κ1) is 16.1. The van der Waals surface area contributed by atoms with Crippen molar-refractivity contribution in [2.45, 2.75) is 77.7 Å². The first-order chi connectivity index (χ1) is 11.0. The van der Waals surface area contributed by atoms with E-state index in [4.69, 9.17) is 0 Å². The molecule has 0 aliphatic heterocycles. The highest BCUT2D eigenvalue weighted by Crippen LogP contribution is 2.66. The smallest absolute Gasteiger partial charge is 0.0543 e. The van der Waals surface area contributed by atoms with E-state index in [1.54, 1.807) is 5.57 Å². The van der Waals surface area contributed by atoms with Crippen LogP contribution in [-0.2, 0) is 0 Å². The van der Waals surface area contributed by atoms with Crippen LogP contribution in [0.15, 0.2) is 11.6 Å². The number of rotatable bonds is 2. The number of hydrogen-bond acceptors (Lipinski definition) is 2. The number of allylic oxidation sites excluding steroid dienone is 2. The lowest BCUT2D eigenvalue weighted by Crippen LogP contribution is -2.49. The molecule has 4 aliphatic carbocycles. The zero-order chi connectivity index (χ0) is 16.2. The van der Waals surface area contributed by atoms with Crippen molar-refractivity contribution in [3.05, 3.63) is 11.6 Å². The van der Waals surface area contributed by atoms with Gasteiger partial charge in [0.2, 0.25) is 0 Å². The molecule has 0 radical (unpaired) electrons. The molecule has 23 heavy (non-hydrogen) atoms. The van der Waals surface area contributed by atoms with Crippen LogP contribution >= 0.6 is 0 Å². The van der Waals surface area contributed by atoms with Crippen molar-refractivity contribution >= 4 is 0 Å². The van der Waals surface area contributed by atoms with Gasteiger partial charge in [-0.1, -0.05) is 25.5 Å². The Hall–Kier alpha value is -0.340. The Morgan fingerprint density at radius 3 is 2.57 bits per heavy atom. The first-order valence-corrected chi connectivity index (χ1v) is 9.98. The molecule has 0 aromatic carbocycles. The van der Waals surface area contributed by atoms with Crippen LogP contribution in [0.3, 0.4) is 0 Å². The molecule has 2 nitrogen and oxygen atoms in total. The fourth-order valence-corrected chi connectivity index (χ4v) is 7.23. The normalized spacial score (nSPS) is 52.3. The maximum atomic E-state index is 10.1. The zero-order valence-corrected chi connectivity index (χ0v) is 14.9. The molecule has 0 amide bonds. The molecular weight excluding hydrogens is 284 g/mol. The summed E-state index contributed by atoms with van der Waals surface area (Å²) in [4.78, 5) is 0. The van der Waals surface area contributed by atoms with Gasteiger partial charge in [-0.3, -0.25) is 0 Å². The van der Waals surface area contributed by atoms with Gasteiger partial charge >= 0.3 is 0 Å². The molecule has 2 heteroatoms. The van der Waals surface area contributed by atoms with Gasteiger partial charge in [0, 0.05) is 6.61 Å². The minimum absolute atomic E-state index is 0.0581. The van der Waals surface area contributed by atoms with E-state index in [9.17, 15) is 10.2 Å². The Morgan fingerprint density at radius 1 is 1.04 bits per heavy atom. The van der Waals surface area contributed by atoms with Gasteiger partial charge in [-0.15, -0.1) is 0 Å². The summed E-state index contributed by atoms with van der Waals surface area (Å²) < 4.78 is 0. The number of aliphatic hydroxyl groups is 2. The van der Waals surface area contributed by atoms with Gasteiger partial charge in [-0.2, -0.15) is 0 Å². The summed E-state index contributed by atoms with van der Waals surface area (Å²) >= 11 is 0. The van der Waals surface area contributed by atoms with Crippen molar-refractivity contribution in [1.29, 1.82) is 0 Å². The second-order valence-electron chi connectivity index (χ2n) is 9.51. The molecule has 0 spiro atoms. The average molecular weight is 319 g/mol. The van der Waals surface area contributed by atoms with Crippen molar-refractivity contribution in [2.24, 2.45) is 34.5 Å². The third kappa shape index (κ3) is 2.28. The van der Waals surface area contributed by atoms with Gasteiger partial charge in [-0.05, 0) is 92.3 Å². The lowest BCUT2D eigenvalue weighted by atomic mass is 9.48. The summed E-state index contributed by atoms with van der Waals surface area (Å²) in [6, 6.07) is 0. The van der Waals surface area contributed by atoms with Crippen LogP contribution in [0.4, 0.5) is 0 Å². The third-order valence-corrected chi connectivity index (χ3v) is 8.73. The monoisotopic (exact) mass is 318 g/mol. The highest BCUT2D eigenvalue weighted by molar-refractivity contribution is 5.27. The quantitative estimate of drug-likeness (QED) is 0.745. The number of hydrogen-bond donors (Lipinski definition) is 2. The molecule has 0 aromatic rings. The fraction of sp³-hybridized carbons (Fsp3) is 0.905. The van der Waals surface area contributed by atoms with E-state index in [-0.39, 0.29) is 6.10 Å². The van der Waals surface area contributed by atoms with Crippen LogP contribution in [-0.4, -0.2) is 22.9 Å². The summed E-state index contributed by atoms with van der Waals surface area (Å²) in [5, 5.41) is 19.5. The Bertz CT molecular complexity index is 498. The molecular formula is C21H34O2. The topological polar surface area (TPSA) is 40.5 Å². The maximum Gasteiger partial charge on any atom is 0.0543 e. The van der Waals surface area contributed by atoms with Crippen molar-refractivity contribution in [3.63, 3.8) is 0 Å². The highest BCUT2D eigenvalue weighted by atomic mass is 16.3. The second-order valence-corrected chi connectivity index (χ2v) is 9.51. The molecule has 4 aliphatic rings. The van der Waals surface area contributed by atoms with Gasteiger partial charge in [0.1, 0.15) is 0 Å². The van der Waals surface area contributed by atoms with Crippen molar-refractivity contribution in [3.8, 4) is 0 Å². The van der Waals surface area contributed by atoms with E-state index in [0.29, 0.717) is 23.4 Å². The molecule has 3 fully saturated rings. The van der Waals surface area contributed by atoms with E-state index in [1.165, 1.54) is 38.5 Å². The average Bonchev–Trinajstić information content (AvgIpc) is 2.85. The van der Waals surface area contributed by atoms with Crippen LogP contribution in [0.5, 0.6) is 0 Å². The standard InChI is InChI=1S/C21H34O2/c1-20-11-8-19-17(18(20)6-4-14(20)9-12-22)5-3-15-13-16(23)7-10-21(15,19)2/h5,14-16,18-19,22-23H,3-4,6-13H2,1-2H3/t14?,15?,16-,18?,19?,20-,21+/m1/s1. The van der Waals surface area contributed by atoms with E-state index in [1.807, 2.05) is 0 Å². The van der Waals surface area contributed by atoms with Crippen LogP contribution in [0.25, 0.3) is 0 Å². The molecule has 130 valence electrons. The largest absolute Gasteiger partial charge is 0.396 e. The zero-order valence-electron chi connectivity index (χ0n) is 14.9. The molecule has 0 aromatic heterocycles. The predicted octanol–water partition coefficient (Wildman–Crippen LogP) is 4.31. The SMILES string of the molecule is C[C@]12CC[C@@H](O)CC1CC=C1C2CC[C@]2(C)C(CCO)CCC12. The number of fused-ring (bicyclic) bond motifs is 5. The van der Waals surface area contributed by atoms with Crippen molar-refractivity contribution in [1.82, 2.24) is 0 Å². The molecule has 3 saturated carbocycles. The summed E-state index contributed by atoms with van der Waals surface area (Å²) in [6.07, 6.45) is 13.3. The van der Waals surface area contributed by atoms with Gasteiger partial charge < -0.3 is 10.2 Å². The lowest BCUT2D eigenvalue weighted by Gasteiger charge is -2.57. The Kier molecular flexibility index (Phi) is 3.93. The fourth-order valence-electron chi connectivity index (χ4n) is 7.23. The molecule has 4 rings (SSSR count). The summed E-state index contributed by atoms with van der Waals surface area (Å²) in [5.41, 5.74) is 2.65. The highest BCUT2D eigenvalue weighted by Gasteiger charge is 2.57. The molecule has 0 heterocycles. The summed E-state index contributed by atoms with van der Waals surface area (Å²) in [6.45, 7) is 5.40. The third-order valence-electron chi connectivity index (χ3n) is 8.73. The van der Waals surface area contributed by atoms with E-state index >= 15 is 0 Å². The van der Waals surface area contributed by atoms with E-state index in [2.05, 4.69) is 19.9 Å². The number of aliphatic hydroxyl groups excluding tert-OH is 2. The van der Waals surface area contributed by atoms with Crippen LogP contribution < -0.4 is 0 Å². The van der Waals surface area contributed by atoms with Gasteiger partial charge in [-0.25, -0.2) is 0 Å². The Labute approximate surface area is 141 Å². The van der Waals surface area contributed by atoms with Gasteiger partial charge in [0.25, 0.3) is 0 Å². The lowest BCUT2D eigenvalue weighted by molar-refractivity contribution is -0.0407. The molecule has 2 N–H and O–H groups in total. The van der Waals surface area contributed by atoms with Crippen molar-refractivity contribution in [2.75, 3.05) is 6.61 Å². The maximum absolute atomic E-state index is 10.1. The minimum Gasteiger partial charge on any atom is -0.396 e. The van der Waals surface area contributed by atoms with Gasteiger partial charge in [0.05, 0.1) is 6.10 Å². The summed E-state index contributed by atoms with van der Waals surface area (Å²) in [7, 11) is 0. The first-order valence-electron chi connectivity index (χ1n) is 9.98. The second kappa shape index (κ2) is 5.59. The van der Waals surface area contributed by atoms with E-state index < -0.39 is 0 Å². The molecule has 7 atom stereocenters. The molecule has 4 unspecified atom stereocenters. The van der Waals surface area contributed by atoms with Crippen LogP contribution in [0.1, 0.15) is 71.6 Å².